The zero-order valence-corrected chi connectivity index (χ0v) is 21.7. The van der Waals surface area contributed by atoms with Gasteiger partial charge >= 0.3 is 0 Å². The molecule has 0 aromatic rings. The molecule has 2 atom stereocenters. The first-order valence-corrected chi connectivity index (χ1v) is 12.4. The topological polar surface area (TPSA) is 126 Å². The van der Waals surface area contributed by atoms with Gasteiger partial charge in [0, 0.05) is 31.3 Å². The predicted octanol–water partition coefficient (Wildman–Crippen LogP) is 1.94. The molecular weight excluding hydrogens is 438 g/mol. The van der Waals surface area contributed by atoms with E-state index in [9.17, 15) is 4.91 Å². The average Bonchev–Trinajstić information content (AvgIpc) is 3.54. The van der Waals surface area contributed by atoms with Crippen LogP contribution in [0.5, 0.6) is 0 Å². The molecule has 0 saturated carbocycles. The molecule has 0 spiro atoms. The van der Waals surface area contributed by atoms with Crippen LogP contribution >= 0.6 is 0 Å². The molecule has 9 nitrogen and oxygen atoms in total. The summed E-state index contributed by atoms with van der Waals surface area (Å²) >= 11 is 0. The van der Waals surface area contributed by atoms with E-state index in [1.165, 1.54) is 37.0 Å². The maximum Gasteiger partial charge on any atom is 0.0998 e. The number of nitroso groups, excluding NO2 is 1. The monoisotopic (exact) mass is 487 g/mol. The van der Waals surface area contributed by atoms with E-state index < -0.39 is 0 Å². The molecule has 4 rings (SSSR count). The Labute approximate surface area is 206 Å². The van der Waals surface area contributed by atoms with E-state index in [4.69, 9.17) is 25.2 Å². The van der Waals surface area contributed by atoms with E-state index in [-0.39, 0.29) is 32.0 Å². The van der Waals surface area contributed by atoms with Crippen LogP contribution in [0.4, 0.5) is 0 Å². The van der Waals surface area contributed by atoms with Gasteiger partial charge in [-0.1, -0.05) is 43.3 Å². The number of ether oxygens (including phenoxy) is 1. The minimum absolute atomic E-state index is 0.0822. The van der Waals surface area contributed by atoms with E-state index >= 15 is 0 Å². The Morgan fingerprint density at radius 1 is 0.853 bits per heavy atom. The van der Waals surface area contributed by atoms with Crippen LogP contribution in [-0.4, -0.2) is 114 Å². The minimum Gasteiger partial charge on any atom is -0.394 e. The van der Waals surface area contributed by atoms with Crippen LogP contribution < -0.4 is 0 Å². The molecule has 4 aliphatic heterocycles. The number of hydrogen-bond donors (Lipinski definition) is 4. The molecule has 200 valence electrons. The Bertz CT molecular complexity index is 583. The number of methoxy groups -OCH3 is 1. The van der Waals surface area contributed by atoms with Gasteiger partial charge in [-0.05, 0) is 51.6 Å². The summed E-state index contributed by atoms with van der Waals surface area (Å²) in [6.07, 6.45) is 7.09. The Balaban J connectivity index is 0.000000466. The summed E-state index contributed by atoms with van der Waals surface area (Å²) in [7, 11) is 1.80. The molecule has 0 radical (unpaired) electrons. The Kier molecular flexibility index (Phi) is 17.5. The Hall–Kier alpha value is -1.20. The molecule has 0 aliphatic carbocycles. The van der Waals surface area contributed by atoms with Crippen LogP contribution in [0.1, 0.15) is 52.4 Å². The molecule has 4 fully saturated rings. The van der Waals surface area contributed by atoms with Crippen LogP contribution in [0, 0.1) is 4.91 Å². The summed E-state index contributed by atoms with van der Waals surface area (Å²) in [5, 5.41) is 33.6. The number of aliphatic hydroxyl groups is 4. The fraction of sp³-hybridized carbons (Fsp3) is 0.840. The molecule has 0 bridgehead atoms. The molecule has 4 N–H and O–H groups in total. The van der Waals surface area contributed by atoms with Crippen LogP contribution in [0.2, 0.25) is 0 Å². The van der Waals surface area contributed by atoms with Gasteiger partial charge in [0.25, 0.3) is 0 Å². The van der Waals surface area contributed by atoms with Gasteiger partial charge < -0.3 is 25.2 Å². The maximum atomic E-state index is 10.3. The highest BCUT2D eigenvalue weighted by Gasteiger charge is 2.46. The van der Waals surface area contributed by atoms with Crippen molar-refractivity contribution in [3.05, 3.63) is 29.2 Å². The van der Waals surface area contributed by atoms with Crippen LogP contribution in [0.25, 0.3) is 0 Å². The lowest BCUT2D eigenvalue weighted by molar-refractivity contribution is 0.0656. The SMILES string of the molecule is C=C1CN2CCCC2(CN=O)C1.C=C1CN2CCCC2(COC)C1.CC.OCCO.OCCO. The van der Waals surface area contributed by atoms with Gasteiger partial charge in [-0.25, -0.2) is 0 Å². The second kappa shape index (κ2) is 18.1. The number of hydrogen-bond acceptors (Lipinski definition) is 9. The summed E-state index contributed by atoms with van der Waals surface area (Å²) < 4.78 is 5.30. The first-order valence-electron chi connectivity index (χ1n) is 12.4. The van der Waals surface area contributed by atoms with Crippen molar-refractivity contribution in [1.82, 2.24) is 9.80 Å². The summed E-state index contributed by atoms with van der Waals surface area (Å²) in [6, 6.07) is 0. The third-order valence-corrected chi connectivity index (χ3v) is 6.44. The van der Waals surface area contributed by atoms with Crippen LogP contribution in [-0.2, 0) is 4.74 Å². The maximum absolute atomic E-state index is 10.3. The van der Waals surface area contributed by atoms with Crippen molar-refractivity contribution in [2.45, 2.75) is 63.5 Å². The van der Waals surface area contributed by atoms with Gasteiger partial charge in [-0.2, -0.15) is 4.91 Å². The van der Waals surface area contributed by atoms with E-state index in [0.717, 1.165) is 45.5 Å². The standard InChI is InChI=1S/C10H17NO.C9H14N2O.2C2H6O2.C2H6/c1-9-6-10(8-12-2)4-3-5-11(10)7-9;1-8-5-9(7-10-12)3-2-4-11(9)6-8;2*3-1-2-4;1-2/h1,3-8H2,2H3;1-7H2;2*3-4H,1-2H2;1-2H3. The van der Waals surface area contributed by atoms with Crippen LogP contribution in [0.3, 0.4) is 0 Å². The van der Waals surface area contributed by atoms with Crippen molar-refractivity contribution in [2.24, 2.45) is 5.18 Å². The van der Waals surface area contributed by atoms with Gasteiger partial charge in [0.05, 0.1) is 39.6 Å². The second-order valence-corrected chi connectivity index (χ2v) is 8.97. The van der Waals surface area contributed by atoms with Gasteiger partial charge in [-0.3, -0.25) is 9.80 Å². The fourth-order valence-corrected chi connectivity index (χ4v) is 5.30. The minimum atomic E-state index is -0.125. The highest BCUT2D eigenvalue weighted by molar-refractivity contribution is 5.18. The molecule has 34 heavy (non-hydrogen) atoms. The van der Waals surface area contributed by atoms with Gasteiger partial charge in [-0.15, -0.1) is 0 Å². The number of aliphatic hydroxyl groups excluding tert-OH is 4. The molecule has 2 unspecified atom stereocenters. The first-order chi connectivity index (χ1) is 16.4. The van der Waals surface area contributed by atoms with E-state index in [0.29, 0.717) is 12.1 Å². The quantitative estimate of drug-likeness (QED) is 0.331. The summed E-state index contributed by atoms with van der Waals surface area (Å²) in [5.74, 6) is 0. The summed E-state index contributed by atoms with van der Waals surface area (Å²) in [5.41, 5.74) is 3.06. The Morgan fingerprint density at radius 2 is 1.26 bits per heavy atom. The van der Waals surface area contributed by atoms with Crippen molar-refractivity contribution >= 4 is 0 Å². The summed E-state index contributed by atoms with van der Waals surface area (Å²) in [6.45, 7) is 17.3. The zero-order valence-electron chi connectivity index (χ0n) is 21.7. The van der Waals surface area contributed by atoms with Gasteiger partial charge in [0.1, 0.15) is 0 Å². The predicted molar refractivity (Wildman–Crippen MR) is 137 cm³/mol. The highest BCUT2D eigenvalue weighted by atomic mass is 16.5. The van der Waals surface area contributed by atoms with Crippen molar-refractivity contribution in [3.8, 4) is 0 Å². The van der Waals surface area contributed by atoms with Crippen molar-refractivity contribution < 1.29 is 25.2 Å². The molecule has 4 aliphatic rings. The lowest BCUT2D eigenvalue weighted by Crippen LogP contribution is -2.42. The van der Waals surface area contributed by atoms with E-state index in [1.807, 2.05) is 13.8 Å². The van der Waals surface area contributed by atoms with Crippen molar-refractivity contribution in [3.63, 3.8) is 0 Å². The van der Waals surface area contributed by atoms with E-state index in [2.05, 4.69) is 28.1 Å². The smallest absolute Gasteiger partial charge is 0.0998 e. The highest BCUT2D eigenvalue weighted by Crippen LogP contribution is 2.41. The van der Waals surface area contributed by atoms with Crippen LogP contribution in [0.15, 0.2) is 29.5 Å². The van der Waals surface area contributed by atoms with E-state index in [1.54, 1.807) is 7.11 Å². The third kappa shape index (κ3) is 9.81. The average molecular weight is 488 g/mol. The van der Waals surface area contributed by atoms with Crippen molar-refractivity contribution in [2.75, 3.05) is 72.9 Å². The molecule has 0 amide bonds. The third-order valence-electron chi connectivity index (χ3n) is 6.44. The normalized spacial score (nSPS) is 27.1. The molecule has 4 saturated heterocycles. The first kappa shape index (κ1) is 32.8. The summed E-state index contributed by atoms with van der Waals surface area (Å²) in [4.78, 5) is 15.2. The van der Waals surface area contributed by atoms with Gasteiger partial charge in [0.2, 0.25) is 0 Å². The number of nitrogens with zero attached hydrogens (tertiary/aromatic N) is 3. The molecule has 0 aromatic heterocycles. The second-order valence-electron chi connectivity index (χ2n) is 8.97. The molecule has 4 heterocycles. The van der Waals surface area contributed by atoms with Gasteiger partial charge in [0.15, 0.2) is 0 Å². The fourth-order valence-electron chi connectivity index (χ4n) is 5.30. The Morgan fingerprint density at radius 3 is 1.68 bits per heavy atom. The molecular formula is C25H49N3O6. The number of rotatable bonds is 6. The van der Waals surface area contributed by atoms with Crippen molar-refractivity contribution in [1.29, 1.82) is 0 Å². The zero-order chi connectivity index (χ0) is 26.0. The molecule has 0 aromatic carbocycles. The molecule has 9 heteroatoms. The number of fused-ring (bicyclic) bond motifs is 2. The largest absolute Gasteiger partial charge is 0.394 e. The lowest BCUT2D eigenvalue weighted by Gasteiger charge is -2.30. The lowest BCUT2D eigenvalue weighted by atomic mass is 9.93.